The average molecular weight is 579 g/mol. The van der Waals surface area contributed by atoms with Gasteiger partial charge in [0, 0.05) is 34.5 Å². The van der Waals surface area contributed by atoms with Crippen LogP contribution in [-0.2, 0) is 7.05 Å². The second kappa shape index (κ2) is 12.9. The van der Waals surface area contributed by atoms with Crippen molar-refractivity contribution in [3.63, 3.8) is 0 Å². The van der Waals surface area contributed by atoms with Crippen LogP contribution in [0.4, 0.5) is 5.69 Å². The van der Waals surface area contributed by atoms with Gasteiger partial charge in [0.1, 0.15) is 7.05 Å². The molecule has 210 valence electrons. The molecule has 0 spiro atoms. The Labute approximate surface area is 254 Å². The number of thioether (sulfide) groups is 2. The van der Waals surface area contributed by atoms with Gasteiger partial charge >= 0.3 is 0 Å². The molecule has 2 aliphatic rings. The number of hydrogen-bond donors (Lipinski definition) is 0. The van der Waals surface area contributed by atoms with Crippen LogP contribution in [0, 0.1) is 5.92 Å². The topological polar surface area (TPSA) is 10.4 Å². The third kappa shape index (κ3) is 6.43. The van der Waals surface area contributed by atoms with E-state index in [2.05, 4.69) is 132 Å². The number of rotatable bonds is 8. The van der Waals surface area contributed by atoms with Crippen molar-refractivity contribution in [2.24, 2.45) is 13.0 Å². The van der Waals surface area contributed by atoms with E-state index in [0.717, 1.165) is 12.5 Å². The van der Waals surface area contributed by atoms with E-state index in [1.807, 2.05) is 11.8 Å². The van der Waals surface area contributed by atoms with E-state index in [0.29, 0.717) is 0 Å². The Balaban J connectivity index is 1.31. The zero-order valence-corrected chi connectivity index (χ0v) is 26.1. The van der Waals surface area contributed by atoms with Crippen molar-refractivity contribution in [1.29, 1.82) is 0 Å². The van der Waals surface area contributed by atoms with Crippen LogP contribution in [0.3, 0.4) is 0 Å². The lowest BCUT2D eigenvalue weighted by atomic mass is 9.99. The van der Waals surface area contributed by atoms with Gasteiger partial charge in [0.25, 0.3) is 0 Å². The van der Waals surface area contributed by atoms with Crippen LogP contribution < -0.4 is 9.47 Å². The Bertz CT molecular complexity index is 1570. The summed E-state index contributed by atoms with van der Waals surface area (Å²) in [7, 11) is 2.17. The quantitative estimate of drug-likeness (QED) is 0.153. The maximum absolute atomic E-state index is 2.66. The first-order chi connectivity index (χ1) is 20.1. The average Bonchev–Trinajstić information content (AvgIpc) is 3.36. The second-order valence-electron chi connectivity index (χ2n) is 11.3. The normalized spacial score (nSPS) is 17.2. The molecule has 0 saturated carbocycles. The van der Waals surface area contributed by atoms with Crippen molar-refractivity contribution in [2.75, 3.05) is 37.3 Å². The standard InChI is InChI=1S/C36H40N3S2/c1-27-19-23-38(24-20-27)21-8-22-39-34-11-6-7-12-35(34)41-36(39)26-29-25-30(37(2)33-10-5-4-9-32(29)33)16-13-28-14-17-31(40-3)18-15-28/h4-7,9-18,25-27H,8,19-24H2,1-3H3/q+1/b16-13+. The van der Waals surface area contributed by atoms with Crippen molar-refractivity contribution in [3.8, 4) is 0 Å². The van der Waals surface area contributed by atoms with Crippen LogP contribution in [0.25, 0.3) is 29.1 Å². The third-order valence-corrected chi connectivity index (χ3v) is 10.3. The molecule has 2 aliphatic heterocycles. The second-order valence-corrected chi connectivity index (χ2v) is 13.2. The van der Waals surface area contributed by atoms with Gasteiger partial charge in [0.2, 0.25) is 11.2 Å². The molecule has 5 heteroatoms. The first-order valence-electron chi connectivity index (χ1n) is 14.8. The molecule has 0 radical (unpaired) electrons. The smallest absolute Gasteiger partial charge is 0.213 e. The summed E-state index contributed by atoms with van der Waals surface area (Å²) in [4.78, 5) is 7.86. The number of aryl methyl sites for hydroxylation is 1. The molecule has 1 aromatic heterocycles. The molecule has 1 fully saturated rings. The largest absolute Gasteiger partial charge is 0.335 e. The number of nitrogens with zero attached hydrogens (tertiary/aromatic N) is 3. The van der Waals surface area contributed by atoms with Crippen molar-refractivity contribution >= 4 is 58.3 Å². The number of para-hydroxylation sites is 2. The summed E-state index contributed by atoms with van der Waals surface area (Å²) in [6, 6.07) is 28.8. The first kappa shape index (κ1) is 28.1. The number of anilines is 1. The summed E-state index contributed by atoms with van der Waals surface area (Å²) in [5.41, 5.74) is 6.26. The molecule has 3 nitrogen and oxygen atoms in total. The molecule has 6 rings (SSSR count). The highest BCUT2D eigenvalue weighted by molar-refractivity contribution is 8.03. The molecule has 41 heavy (non-hydrogen) atoms. The van der Waals surface area contributed by atoms with E-state index in [4.69, 9.17) is 0 Å². The molecule has 0 bridgehead atoms. The Morgan fingerprint density at radius 1 is 0.927 bits per heavy atom. The van der Waals surface area contributed by atoms with E-state index >= 15 is 0 Å². The van der Waals surface area contributed by atoms with E-state index in [-0.39, 0.29) is 0 Å². The van der Waals surface area contributed by atoms with Crippen LogP contribution in [0.2, 0.25) is 0 Å². The van der Waals surface area contributed by atoms with Gasteiger partial charge in [-0.15, -0.1) is 11.8 Å². The van der Waals surface area contributed by atoms with E-state index in [1.165, 1.54) is 87.1 Å². The summed E-state index contributed by atoms with van der Waals surface area (Å²) in [5.74, 6) is 0.880. The summed E-state index contributed by atoms with van der Waals surface area (Å²) < 4.78 is 2.30. The lowest BCUT2D eigenvalue weighted by Gasteiger charge is -2.31. The Hall–Kier alpha value is -2.99. The Kier molecular flexibility index (Phi) is 8.85. The highest BCUT2D eigenvalue weighted by Gasteiger charge is 2.26. The number of benzene rings is 3. The van der Waals surface area contributed by atoms with Gasteiger partial charge in [-0.3, -0.25) is 0 Å². The van der Waals surface area contributed by atoms with Crippen LogP contribution in [0.1, 0.15) is 43.0 Å². The van der Waals surface area contributed by atoms with Crippen molar-refractivity contribution < 1.29 is 4.57 Å². The minimum Gasteiger partial charge on any atom is -0.335 e. The molecule has 0 atom stereocenters. The number of fused-ring (bicyclic) bond motifs is 2. The lowest BCUT2D eigenvalue weighted by Crippen LogP contribution is -2.35. The minimum atomic E-state index is 0.880. The lowest BCUT2D eigenvalue weighted by molar-refractivity contribution is -0.646. The monoisotopic (exact) mass is 578 g/mol. The van der Waals surface area contributed by atoms with Crippen molar-refractivity contribution in [1.82, 2.24) is 4.90 Å². The highest BCUT2D eigenvalue weighted by atomic mass is 32.2. The Morgan fingerprint density at radius 2 is 1.68 bits per heavy atom. The summed E-state index contributed by atoms with van der Waals surface area (Å²) in [5, 5.41) is 2.60. The predicted octanol–water partition coefficient (Wildman–Crippen LogP) is 8.59. The SMILES string of the molecule is CSc1ccc(/C=C/c2cc(/C=C3\Sc4ccccc4N3CCCN3CCC(C)CC3)c3ccccc3[n+]2C)cc1. The van der Waals surface area contributed by atoms with Gasteiger partial charge in [0.05, 0.1) is 16.1 Å². The minimum absolute atomic E-state index is 0.880. The summed E-state index contributed by atoms with van der Waals surface area (Å²) in [6.45, 7) is 7.12. The van der Waals surface area contributed by atoms with Crippen LogP contribution in [0.5, 0.6) is 0 Å². The molecular formula is C36H40N3S2+. The summed E-state index contributed by atoms with van der Waals surface area (Å²) in [6.07, 6.45) is 12.9. The molecule has 3 aromatic carbocycles. The van der Waals surface area contributed by atoms with Crippen LogP contribution in [-0.4, -0.2) is 37.3 Å². The number of hydrogen-bond acceptors (Lipinski definition) is 4. The molecular weight excluding hydrogens is 539 g/mol. The van der Waals surface area contributed by atoms with Crippen molar-refractivity contribution in [2.45, 2.75) is 36.0 Å². The highest BCUT2D eigenvalue weighted by Crippen LogP contribution is 2.46. The fraction of sp³-hybridized carbons (Fsp3) is 0.306. The van der Waals surface area contributed by atoms with Gasteiger partial charge in [-0.2, -0.15) is 4.57 Å². The molecule has 0 aliphatic carbocycles. The van der Waals surface area contributed by atoms with Gasteiger partial charge in [-0.25, -0.2) is 0 Å². The molecule has 4 aromatic rings. The molecule has 0 unspecified atom stereocenters. The molecule has 3 heterocycles. The molecule has 0 amide bonds. The maximum atomic E-state index is 2.66. The van der Waals surface area contributed by atoms with Gasteiger partial charge in [-0.1, -0.05) is 55.1 Å². The third-order valence-electron chi connectivity index (χ3n) is 8.48. The number of pyridine rings is 1. The molecule has 0 N–H and O–H groups in total. The zero-order chi connectivity index (χ0) is 28.2. The number of aromatic nitrogens is 1. The summed E-state index contributed by atoms with van der Waals surface area (Å²) >= 11 is 3.68. The van der Waals surface area contributed by atoms with Crippen molar-refractivity contribution in [3.05, 3.63) is 101 Å². The Morgan fingerprint density at radius 3 is 2.49 bits per heavy atom. The predicted molar refractivity (Wildman–Crippen MR) is 179 cm³/mol. The van der Waals surface area contributed by atoms with E-state index in [9.17, 15) is 0 Å². The molecule has 1 saturated heterocycles. The fourth-order valence-electron chi connectivity index (χ4n) is 5.92. The van der Waals surface area contributed by atoms with Crippen LogP contribution >= 0.6 is 23.5 Å². The first-order valence-corrected chi connectivity index (χ1v) is 16.9. The maximum Gasteiger partial charge on any atom is 0.213 e. The van der Waals surface area contributed by atoms with Gasteiger partial charge < -0.3 is 9.80 Å². The number of likely N-dealkylation sites (tertiary alicyclic amines) is 1. The van der Waals surface area contributed by atoms with Gasteiger partial charge in [-0.05, 0) is 105 Å². The number of piperidine rings is 1. The van der Waals surface area contributed by atoms with E-state index < -0.39 is 0 Å². The fourth-order valence-corrected chi connectivity index (χ4v) is 7.47. The zero-order valence-electron chi connectivity index (χ0n) is 24.4. The van der Waals surface area contributed by atoms with Gasteiger partial charge in [0.15, 0.2) is 0 Å². The van der Waals surface area contributed by atoms with Crippen LogP contribution in [0.15, 0.2) is 93.7 Å². The van der Waals surface area contributed by atoms with E-state index in [1.54, 1.807) is 11.8 Å².